The maximum absolute atomic E-state index is 12.2. The van der Waals surface area contributed by atoms with Gasteiger partial charge in [-0.25, -0.2) is 0 Å². The van der Waals surface area contributed by atoms with Crippen LogP contribution in [0.4, 0.5) is 0 Å². The van der Waals surface area contributed by atoms with E-state index in [0.29, 0.717) is 12.5 Å². The number of nitrogens with one attached hydrogen (secondary N) is 1. The monoisotopic (exact) mass is 344 g/mol. The summed E-state index contributed by atoms with van der Waals surface area (Å²) in [5.41, 5.74) is 3.27. The number of carbonyl (C=O) groups is 1. The average Bonchev–Trinajstić information content (AvgIpc) is 3.28. The molecule has 1 aromatic heterocycles. The number of amides is 1. The zero-order valence-electron chi connectivity index (χ0n) is 11.8. The van der Waals surface area contributed by atoms with Crippen molar-refractivity contribution in [1.82, 2.24) is 10.3 Å². The van der Waals surface area contributed by atoms with Gasteiger partial charge in [0.05, 0.1) is 0 Å². The molecule has 1 aliphatic carbocycles. The van der Waals surface area contributed by atoms with Crippen LogP contribution in [0.5, 0.6) is 0 Å². The summed E-state index contributed by atoms with van der Waals surface area (Å²) in [7, 11) is 0. The van der Waals surface area contributed by atoms with Crippen molar-refractivity contribution in [2.45, 2.75) is 25.8 Å². The zero-order valence-corrected chi connectivity index (χ0v) is 13.4. The van der Waals surface area contributed by atoms with E-state index in [0.717, 1.165) is 22.2 Å². The summed E-state index contributed by atoms with van der Waals surface area (Å²) in [6.45, 7) is 2.51. The van der Waals surface area contributed by atoms with Gasteiger partial charge in [0, 0.05) is 28.8 Å². The number of hydrogen-bond donors (Lipinski definition) is 1. The summed E-state index contributed by atoms with van der Waals surface area (Å²) in [6.07, 6.45) is 2.76. The van der Waals surface area contributed by atoms with Crippen molar-refractivity contribution < 1.29 is 4.79 Å². The molecule has 0 radical (unpaired) electrons. The van der Waals surface area contributed by atoms with Gasteiger partial charge in [0.25, 0.3) is 0 Å². The van der Waals surface area contributed by atoms with Crippen LogP contribution in [0, 0.1) is 12.8 Å². The summed E-state index contributed by atoms with van der Waals surface area (Å²) in [5, 5.41) is 3.00. The van der Waals surface area contributed by atoms with E-state index in [4.69, 9.17) is 0 Å². The summed E-state index contributed by atoms with van der Waals surface area (Å²) >= 11 is 3.43. The van der Waals surface area contributed by atoms with Crippen LogP contribution in [0.3, 0.4) is 0 Å². The first-order valence-corrected chi connectivity index (χ1v) is 7.87. The molecule has 1 heterocycles. The maximum atomic E-state index is 12.2. The predicted octanol–water partition coefficient (Wildman–Crippen LogP) is 3.57. The highest BCUT2D eigenvalue weighted by atomic mass is 79.9. The second-order valence-electron chi connectivity index (χ2n) is 5.53. The Morgan fingerprint density at radius 1 is 1.29 bits per heavy atom. The largest absolute Gasteiger partial charge is 0.352 e. The van der Waals surface area contributed by atoms with Crippen LogP contribution >= 0.6 is 15.9 Å². The third-order valence-corrected chi connectivity index (χ3v) is 4.39. The molecule has 2 atom stereocenters. The molecule has 0 aliphatic heterocycles. The smallest absolute Gasteiger partial charge is 0.224 e. The fourth-order valence-corrected chi connectivity index (χ4v) is 2.75. The normalized spacial score (nSPS) is 20.1. The van der Waals surface area contributed by atoms with Crippen molar-refractivity contribution in [3.63, 3.8) is 0 Å². The van der Waals surface area contributed by atoms with Gasteiger partial charge in [-0.2, -0.15) is 0 Å². The van der Waals surface area contributed by atoms with Crippen molar-refractivity contribution in [2.24, 2.45) is 5.92 Å². The Bertz CT molecular complexity index is 637. The van der Waals surface area contributed by atoms with Crippen molar-refractivity contribution in [3.8, 4) is 0 Å². The third-order valence-electron chi connectivity index (χ3n) is 3.86. The van der Waals surface area contributed by atoms with E-state index in [1.165, 1.54) is 5.56 Å². The fourth-order valence-electron chi connectivity index (χ4n) is 2.49. The summed E-state index contributed by atoms with van der Waals surface area (Å²) in [5.74, 6) is 0.627. The second kappa shape index (κ2) is 5.98. The van der Waals surface area contributed by atoms with Crippen molar-refractivity contribution >= 4 is 21.8 Å². The van der Waals surface area contributed by atoms with Gasteiger partial charge in [-0.1, -0.05) is 34.1 Å². The molecule has 1 N–H and O–H groups in total. The second-order valence-corrected chi connectivity index (χ2v) is 6.44. The van der Waals surface area contributed by atoms with E-state index < -0.39 is 0 Å². The highest BCUT2D eigenvalue weighted by molar-refractivity contribution is 9.10. The predicted molar refractivity (Wildman–Crippen MR) is 85.8 cm³/mol. The Balaban J connectivity index is 1.53. The number of nitrogens with zero attached hydrogens (tertiary/aromatic N) is 1. The lowest BCUT2D eigenvalue weighted by Gasteiger charge is -2.05. The number of hydrogen-bond acceptors (Lipinski definition) is 2. The molecular formula is C17H17BrN2O. The minimum absolute atomic E-state index is 0.115. The molecule has 1 aromatic carbocycles. The zero-order chi connectivity index (χ0) is 14.8. The van der Waals surface area contributed by atoms with Crippen molar-refractivity contribution in [3.05, 3.63) is 63.9 Å². The number of aryl methyl sites for hydroxylation is 1. The number of pyridine rings is 1. The lowest BCUT2D eigenvalue weighted by Crippen LogP contribution is -2.24. The third kappa shape index (κ3) is 3.50. The molecule has 1 aliphatic rings. The summed E-state index contributed by atoms with van der Waals surface area (Å²) in [6, 6.07) is 12.2. The molecule has 3 nitrogen and oxygen atoms in total. The molecule has 1 amide bonds. The molecule has 108 valence electrons. The van der Waals surface area contributed by atoms with E-state index >= 15 is 0 Å². The highest BCUT2D eigenvalue weighted by Crippen LogP contribution is 2.47. The molecule has 1 fully saturated rings. The van der Waals surface area contributed by atoms with E-state index in [-0.39, 0.29) is 11.8 Å². The maximum Gasteiger partial charge on any atom is 0.224 e. The average molecular weight is 345 g/mol. The fraction of sp³-hybridized carbons (Fsp3) is 0.294. The Morgan fingerprint density at radius 2 is 2.05 bits per heavy atom. The molecule has 1 saturated carbocycles. The van der Waals surface area contributed by atoms with Crippen LogP contribution < -0.4 is 5.32 Å². The molecule has 0 unspecified atom stereocenters. The van der Waals surface area contributed by atoms with Gasteiger partial charge in [-0.15, -0.1) is 0 Å². The lowest BCUT2D eigenvalue weighted by molar-refractivity contribution is -0.122. The van der Waals surface area contributed by atoms with Gasteiger partial charge < -0.3 is 5.32 Å². The lowest BCUT2D eigenvalue weighted by atomic mass is 10.1. The van der Waals surface area contributed by atoms with Crippen molar-refractivity contribution in [2.75, 3.05) is 0 Å². The van der Waals surface area contributed by atoms with Crippen molar-refractivity contribution in [1.29, 1.82) is 0 Å². The molecule has 0 bridgehead atoms. The number of rotatable bonds is 4. The SMILES string of the molecule is Cc1ccc(CNC(=O)[C@@H]2C[C@H]2c2ccc(Br)cc2)cn1. The van der Waals surface area contributed by atoms with Crippen LogP contribution in [0.1, 0.15) is 29.2 Å². The quantitative estimate of drug-likeness (QED) is 0.921. The molecule has 4 heteroatoms. The molecular weight excluding hydrogens is 328 g/mol. The first-order valence-electron chi connectivity index (χ1n) is 7.08. The van der Waals surface area contributed by atoms with E-state index in [9.17, 15) is 4.79 Å². The van der Waals surface area contributed by atoms with E-state index in [2.05, 4.69) is 38.4 Å². The Hall–Kier alpha value is -1.68. The first-order chi connectivity index (χ1) is 10.1. The minimum Gasteiger partial charge on any atom is -0.352 e. The molecule has 0 spiro atoms. The summed E-state index contributed by atoms with van der Waals surface area (Å²) < 4.78 is 1.07. The number of carbonyl (C=O) groups excluding carboxylic acids is 1. The molecule has 21 heavy (non-hydrogen) atoms. The molecule has 2 aromatic rings. The Labute approximate surface area is 132 Å². The first kappa shape index (κ1) is 14.3. The van der Waals surface area contributed by atoms with E-state index in [1.54, 1.807) is 0 Å². The van der Waals surface area contributed by atoms with Gasteiger partial charge in [0.2, 0.25) is 5.91 Å². The van der Waals surface area contributed by atoms with E-state index in [1.807, 2.05) is 37.4 Å². The standard InChI is InChI=1S/C17H17BrN2O/c1-11-2-3-12(9-19-11)10-20-17(21)16-8-15(16)13-4-6-14(18)7-5-13/h2-7,9,15-16H,8,10H2,1H3,(H,20,21)/t15-,16+/m0/s1. The van der Waals surface area contributed by atoms with Gasteiger partial charge in [0.1, 0.15) is 0 Å². The summed E-state index contributed by atoms with van der Waals surface area (Å²) in [4.78, 5) is 16.4. The van der Waals surface area contributed by atoms with Gasteiger partial charge in [-0.05, 0) is 48.6 Å². The van der Waals surface area contributed by atoms with Crippen LogP contribution in [0.25, 0.3) is 0 Å². The van der Waals surface area contributed by atoms with Crippen LogP contribution in [0.2, 0.25) is 0 Å². The van der Waals surface area contributed by atoms with Gasteiger partial charge in [-0.3, -0.25) is 9.78 Å². The molecule has 3 rings (SSSR count). The van der Waals surface area contributed by atoms with Crippen LogP contribution in [0.15, 0.2) is 47.1 Å². The Kier molecular flexibility index (Phi) is 4.06. The Morgan fingerprint density at radius 3 is 2.71 bits per heavy atom. The van der Waals surface area contributed by atoms with Crippen LogP contribution in [-0.4, -0.2) is 10.9 Å². The topological polar surface area (TPSA) is 42.0 Å². The number of aromatic nitrogens is 1. The van der Waals surface area contributed by atoms with Gasteiger partial charge >= 0.3 is 0 Å². The number of halogens is 1. The van der Waals surface area contributed by atoms with Crippen LogP contribution in [-0.2, 0) is 11.3 Å². The molecule has 0 saturated heterocycles. The highest BCUT2D eigenvalue weighted by Gasteiger charge is 2.43. The van der Waals surface area contributed by atoms with Gasteiger partial charge in [0.15, 0.2) is 0 Å². The minimum atomic E-state index is 0.115. The number of benzene rings is 1.